The number of nitrogens with zero attached hydrogens (tertiary/aromatic N) is 2. The predicted molar refractivity (Wildman–Crippen MR) is 61.6 cm³/mol. The minimum atomic E-state index is 0.458. The van der Waals surface area contributed by atoms with Crippen LogP contribution in [0.1, 0.15) is 6.42 Å². The van der Waals surface area contributed by atoms with Crippen molar-refractivity contribution in [3.63, 3.8) is 0 Å². The van der Waals surface area contributed by atoms with Gasteiger partial charge in [-0.3, -0.25) is 0 Å². The Hall–Kier alpha value is -1.40. The lowest BCUT2D eigenvalue weighted by atomic mass is 10.4. The van der Waals surface area contributed by atoms with Crippen LogP contribution in [0.2, 0.25) is 0 Å². The van der Waals surface area contributed by atoms with Crippen LogP contribution in [-0.2, 0) is 4.74 Å². The van der Waals surface area contributed by atoms with E-state index in [4.69, 9.17) is 15.2 Å². The highest BCUT2D eigenvalue weighted by atomic mass is 16.5. The maximum atomic E-state index is 5.33. The first-order chi connectivity index (χ1) is 7.86. The number of rotatable bonds is 8. The van der Waals surface area contributed by atoms with Gasteiger partial charge in [0.05, 0.1) is 0 Å². The molecule has 0 aliphatic carbocycles. The third kappa shape index (κ3) is 4.90. The Labute approximate surface area is 95.2 Å². The molecule has 16 heavy (non-hydrogen) atoms. The van der Waals surface area contributed by atoms with E-state index in [2.05, 4.69) is 15.3 Å². The summed E-state index contributed by atoms with van der Waals surface area (Å²) in [6.07, 6.45) is 2.39. The predicted octanol–water partition coefficient (Wildman–Crippen LogP) is 0.262. The van der Waals surface area contributed by atoms with Gasteiger partial charge in [0.1, 0.15) is 18.8 Å². The standard InChI is InChI=1S/C10H18N4O2/c1-15-5-2-4-12-9-7-10(14-8-13-9)16-6-3-11/h7-8H,2-6,11H2,1H3,(H,12,13,14). The Morgan fingerprint density at radius 3 is 3.00 bits per heavy atom. The Morgan fingerprint density at radius 1 is 1.38 bits per heavy atom. The molecule has 1 heterocycles. The van der Waals surface area contributed by atoms with Gasteiger partial charge in [-0.25, -0.2) is 9.97 Å². The molecule has 0 amide bonds. The zero-order chi connectivity index (χ0) is 11.6. The second kappa shape index (κ2) is 7.84. The van der Waals surface area contributed by atoms with Crippen molar-refractivity contribution in [2.24, 2.45) is 5.73 Å². The maximum Gasteiger partial charge on any atom is 0.218 e. The van der Waals surface area contributed by atoms with Crippen molar-refractivity contribution in [2.75, 3.05) is 38.7 Å². The van der Waals surface area contributed by atoms with Crippen molar-refractivity contribution in [3.8, 4) is 5.88 Å². The summed E-state index contributed by atoms with van der Waals surface area (Å²) in [5, 5.41) is 3.15. The van der Waals surface area contributed by atoms with Crippen molar-refractivity contribution >= 4 is 5.82 Å². The summed E-state index contributed by atoms with van der Waals surface area (Å²) < 4.78 is 10.2. The van der Waals surface area contributed by atoms with Crippen LogP contribution in [0.25, 0.3) is 0 Å². The SMILES string of the molecule is COCCCNc1cc(OCCN)ncn1. The zero-order valence-electron chi connectivity index (χ0n) is 9.48. The first kappa shape index (κ1) is 12.7. The average molecular weight is 226 g/mol. The molecule has 0 aliphatic rings. The lowest BCUT2D eigenvalue weighted by Gasteiger charge is -2.07. The molecule has 1 rings (SSSR count). The van der Waals surface area contributed by atoms with Gasteiger partial charge in [0, 0.05) is 32.9 Å². The van der Waals surface area contributed by atoms with E-state index in [1.54, 1.807) is 13.2 Å². The molecule has 90 valence electrons. The van der Waals surface area contributed by atoms with Gasteiger partial charge in [-0.15, -0.1) is 0 Å². The molecule has 0 saturated heterocycles. The fourth-order valence-electron chi connectivity index (χ4n) is 1.11. The number of hydrogen-bond donors (Lipinski definition) is 2. The molecule has 0 atom stereocenters. The largest absolute Gasteiger partial charge is 0.476 e. The summed E-state index contributed by atoms with van der Waals surface area (Å²) in [5.41, 5.74) is 5.33. The molecule has 0 spiro atoms. The Morgan fingerprint density at radius 2 is 2.25 bits per heavy atom. The monoisotopic (exact) mass is 226 g/mol. The Kier molecular flexibility index (Phi) is 6.20. The average Bonchev–Trinajstić information content (AvgIpc) is 2.33. The minimum absolute atomic E-state index is 0.458. The third-order valence-electron chi connectivity index (χ3n) is 1.84. The Balaban J connectivity index is 2.35. The molecular weight excluding hydrogens is 208 g/mol. The molecule has 0 radical (unpaired) electrons. The summed E-state index contributed by atoms with van der Waals surface area (Å²) in [7, 11) is 1.68. The van der Waals surface area contributed by atoms with Gasteiger partial charge >= 0.3 is 0 Å². The normalized spacial score (nSPS) is 10.1. The maximum absolute atomic E-state index is 5.33. The molecule has 3 N–H and O–H groups in total. The molecule has 0 unspecified atom stereocenters. The number of methoxy groups -OCH3 is 1. The summed E-state index contributed by atoms with van der Waals surface area (Å²) in [4.78, 5) is 8.04. The molecule has 0 bridgehead atoms. The van der Waals surface area contributed by atoms with Gasteiger partial charge in [-0.1, -0.05) is 0 Å². The van der Waals surface area contributed by atoms with Crippen molar-refractivity contribution in [2.45, 2.75) is 6.42 Å². The van der Waals surface area contributed by atoms with Gasteiger partial charge in [0.2, 0.25) is 5.88 Å². The first-order valence-electron chi connectivity index (χ1n) is 5.24. The van der Waals surface area contributed by atoms with E-state index in [1.165, 1.54) is 6.33 Å². The van der Waals surface area contributed by atoms with Crippen LogP contribution < -0.4 is 15.8 Å². The molecule has 1 aromatic heterocycles. The smallest absolute Gasteiger partial charge is 0.218 e. The second-order valence-corrected chi connectivity index (χ2v) is 3.15. The lowest BCUT2D eigenvalue weighted by molar-refractivity contribution is 0.197. The van der Waals surface area contributed by atoms with Crippen LogP contribution in [0.4, 0.5) is 5.82 Å². The molecule has 0 fully saturated rings. The number of ether oxygens (including phenoxy) is 2. The number of nitrogens with one attached hydrogen (secondary N) is 1. The summed E-state index contributed by atoms with van der Waals surface area (Å²) >= 11 is 0. The van der Waals surface area contributed by atoms with Crippen LogP contribution in [0, 0.1) is 0 Å². The lowest BCUT2D eigenvalue weighted by Crippen LogP contribution is -2.12. The van der Waals surface area contributed by atoms with Gasteiger partial charge in [0.25, 0.3) is 0 Å². The number of anilines is 1. The van der Waals surface area contributed by atoms with E-state index in [0.29, 0.717) is 19.0 Å². The van der Waals surface area contributed by atoms with Crippen molar-refractivity contribution in [1.29, 1.82) is 0 Å². The topological polar surface area (TPSA) is 82.3 Å². The molecule has 0 saturated carbocycles. The molecule has 1 aromatic rings. The van der Waals surface area contributed by atoms with E-state index >= 15 is 0 Å². The van der Waals surface area contributed by atoms with Crippen molar-refractivity contribution in [1.82, 2.24) is 9.97 Å². The molecule has 0 aliphatic heterocycles. The van der Waals surface area contributed by atoms with Crippen molar-refractivity contribution < 1.29 is 9.47 Å². The third-order valence-corrected chi connectivity index (χ3v) is 1.84. The van der Waals surface area contributed by atoms with Crippen LogP contribution in [-0.4, -0.2) is 43.4 Å². The van der Waals surface area contributed by atoms with Crippen LogP contribution in [0.3, 0.4) is 0 Å². The van der Waals surface area contributed by atoms with E-state index in [1.807, 2.05) is 0 Å². The Bertz CT molecular complexity index is 296. The van der Waals surface area contributed by atoms with Crippen LogP contribution >= 0.6 is 0 Å². The second-order valence-electron chi connectivity index (χ2n) is 3.15. The zero-order valence-corrected chi connectivity index (χ0v) is 9.48. The van der Waals surface area contributed by atoms with Gasteiger partial charge in [0.15, 0.2) is 0 Å². The summed E-state index contributed by atoms with van der Waals surface area (Å²) in [5.74, 6) is 1.29. The number of aromatic nitrogens is 2. The van der Waals surface area contributed by atoms with E-state index < -0.39 is 0 Å². The minimum Gasteiger partial charge on any atom is -0.476 e. The van der Waals surface area contributed by atoms with Crippen LogP contribution in [0.15, 0.2) is 12.4 Å². The van der Waals surface area contributed by atoms with Gasteiger partial charge in [-0.2, -0.15) is 0 Å². The fourth-order valence-corrected chi connectivity index (χ4v) is 1.11. The molecule has 6 heteroatoms. The highest BCUT2D eigenvalue weighted by Gasteiger charge is 1.98. The van der Waals surface area contributed by atoms with Gasteiger partial charge < -0.3 is 20.5 Å². The van der Waals surface area contributed by atoms with E-state index in [0.717, 1.165) is 25.4 Å². The first-order valence-corrected chi connectivity index (χ1v) is 5.24. The quantitative estimate of drug-likeness (QED) is 0.619. The highest BCUT2D eigenvalue weighted by Crippen LogP contribution is 2.10. The molecule has 0 aromatic carbocycles. The number of hydrogen-bond acceptors (Lipinski definition) is 6. The number of nitrogens with two attached hydrogens (primary N) is 1. The van der Waals surface area contributed by atoms with E-state index in [9.17, 15) is 0 Å². The fraction of sp³-hybridized carbons (Fsp3) is 0.600. The van der Waals surface area contributed by atoms with Crippen molar-refractivity contribution in [3.05, 3.63) is 12.4 Å². The molecule has 6 nitrogen and oxygen atoms in total. The summed E-state index contributed by atoms with van der Waals surface area (Å²) in [6, 6.07) is 1.75. The van der Waals surface area contributed by atoms with E-state index in [-0.39, 0.29) is 0 Å². The summed E-state index contributed by atoms with van der Waals surface area (Å²) in [6.45, 7) is 2.47. The molecular formula is C10H18N4O2. The van der Waals surface area contributed by atoms with Gasteiger partial charge in [-0.05, 0) is 6.42 Å². The van der Waals surface area contributed by atoms with Crippen LogP contribution in [0.5, 0.6) is 5.88 Å². The highest BCUT2D eigenvalue weighted by molar-refractivity contribution is 5.36.